The van der Waals surface area contributed by atoms with E-state index in [4.69, 9.17) is 0 Å². The highest BCUT2D eigenvalue weighted by Gasteiger charge is 2.38. The number of nitrogens with one attached hydrogen (secondary N) is 1. The first-order valence-corrected chi connectivity index (χ1v) is 5.97. The number of nitrogens with zero attached hydrogens (tertiary/aromatic N) is 2. The van der Waals surface area contributed by atoms with Crippen molar-refractivity contribution in [2.75, 3.05) is 20.1 Å². The molecule has 0 saturated carbocycles. The van der Waals surface area contributed by atoms with Crippen molar-refractivity contribution in [1.82, 2.24) is 15.2 Å². The molecule has 1 aliphatic rings. The third kappa shape index (κ3) is 4.34. The van der Waals surface area contributed by atoms with Crippen molar-refractivity contribution in [3.8, 4) is 0 Å². The first-order chi connectivity index (χ1) is 8.12. The Morgan fingerprint density at radius 2 is 2.05 bits per heavy atom. The van der Waals surface area contributed by atoms with Crippen LogP contribution in [0.25, 0.3) is 0 Å². The van der Waals surface area contributed by atoms with Crippen LogP contribution in [0.5, 0.6) is 0 Å². The van der Waals surface area contributed by atoms with Crippen LogP contribution in [-0.4, -0.2) is 35.9 Å². The monoisotopic (exact) mass is 305 g/mol. The smallest absolute Gasteiger partial charge is 0.229 e. The van der Waals surface area contributed by atoms with E-state index in [2.05, 4.69) is 10.3 Å². The minimum atomic E-state index is -0.234. The Hall–Kier alpha value is -0.840. The zero-order valence-electron chi connectivity index (χ0n) is 11.3. The molecule has 6 heteroatoms. The van der Waals surface area contributed by atoms with Gasteiger partial charge in [0.05, 0.1) is 5.41 Å². The number of rotatable bonds is 3. The Morgan fingerprint density at radius 1 is 1.42 bits per heavy atom. The van der Waals surface area contributed by atoms with Crippen LogP contribution in [0.4, 0.5) is 0 Å². The fourth-order valence-corrected chi connectivity index (χ4v) is 2.29. The maximum absolute atomic E-state index is 12.3. The summed E-state index contributed by atoms with van der Waals surface area (Å²) in [4.78, 5) is 18.1. The molecule has 1 saturated heterocycles. The van der Waals surface area contributed by atoms with Gasteiger partial charge in [0.2, 0.25) is 5.91 Å². The molecule has 1 unspecified atom stereocenters. The molecular formula is C13H21Cl2N3O. The number of pyridine rings is 1. The van der Waals surface area contributed by atoms with Gasteiger partial charge in [0.1, 0.15) is 0 Å². The van der Waals surface area contributed by atoms with Crippen molar-refractivity contribution >= 4 is 30.7 Å². The molecule has 19 heavy (non-hydrogen) atoms. The van der Waals surface area contributed by atoms with Crippen molar-refractivity contribution in [3.63, 3.8) is 0 Å². The van der Waals surface area contributed by atoms with E-state index in [-0.39, 0.29) is 36.1 Å². The van der Waals surface area contributed by atoms with E-state index in [0.29, 0.717) is 6.54 Å². The van der Waals surface area contributed by atoms with Gasteiger partial charge in [-0.05, 0) is 37.6 Å². The fraction of sp³-hybridized carbons (Fsp3) is 0.538. The molecule has 1 fully saturated rings. The summed E-state index contributed by atoms with van der Waals surface area (Å²) in [5, 5.41) is 3.25. The summed E-state index contributed by atoms with van der Waals surface area (Å²) in [5.74, 6) is 0.222. The van der Waals surface area contributed by atoms with Gasteiger partial charge in [-0.25, -0.2) is 0 Å². The summed E-state index contributed by atoms with van der Waals surface area (Å²) >= 11 is 0. The number of halogens is 2. The van der Waals surface area contributed by atoms with Crippen molar-refractivity contribution in [1.29, 1.82) is 0 Å². The number of hydrogen-bond donors (Lipinski definition) is 1. The lowest BCUT2D eigenvalue weighted by Crippen LogP contribution is -2.41. The summed E-state index contributed by atoms with van der Waals surface area (Å²) in [7, 11) is 1.87. The van der Waals surface area contributed by atoms with Crippen LogP contribution in [-0.2, 0) is 11.3 Å². The minimum Gasteiger partial charge on any atom is -0.341 e. The molecule has 1 aromatic heterocycles. The molecule has 1 aliphatic heterocycles. The highest BCUT2D eigenvalue weighted by Crippen LogP contribution is 2.27. The van der Waals surface area contributed by atoms with E-state index in [9.17, 15) is 4.79 Å². The van der Waals surface area contributed by atoms with E-state index in [0.717, 1.165) is 25.1 Å². The van der Waals surface area contributed by atoms with Gasteiger partial charge in [0, 0.05) is 32.5 Å². The number of carbonyl (C=O) groups is 1. The van der Waals surface area contributed by atoms with Crippen molar-refractivity contribution in [2.24, 2.45) is 5.41 Å². The lowest BCUT2D eigenvalue weighted by molar-refractivity contribution is -0.139. The number of aromatic nitrogens is 1. The Bertz CT molecular complexity index is 394. The zero-order chi connectivity index (χ0) is 12.3. The third-order valence-corrected chi connectivity index (χ3v) is 3.40. The van der Waals surface area contributed by atoms with E-state index in [1.807, 2.05) is 31.0 Å². The predicted molar refractivity (Wildman–Crippen MR) is 80.8 cm³/mol. The molecule has 1 atom stereocenters. The van der Waals surface area contributed by atoms with Crippen LogP contribution in [0.1, 0.15) is 18.9 Å². The van der Waals surface area contributed by atoms with Crippen LogP contribution in [0, 0.1) is 5.41 Å². The Morgan fingerprint density at radius 3 is 2.58 bits per heavy atom. The first kappa shape index (κ1) is 18.2. The lowest BCUT2D eigenvalue weighted by atomic mass is 9.88. The Labute approximate surface area is 126 Å². The second-order valence-electron chi connectivity index (χ2n) is 5.00. The van der Waals surface area contributed by atoms with Crippen LogP contribution in [0.2, 0.25) is 0 Å². The molecular weight excluding hydrogens is 285 g/mol. The van der Waals surface area contributed by atoms with Crippen molar-refractivity contribution in [2.45, 2.75) is 19.9 Å². The second-order valence-corrected chi connectivity index (χ2v) is 5.00. The summed E-state index contributed by atoms with van der Waals surface area (Å²) in [5.41, 5.74) is 0.882. The average Bonchev–Trinajstić information content (AvgIpc) is 2.78. The third-order valence-electron chi connectivity index (χ3n) is 3.40. The second kappa shape index (κ2) is 7.68. The maximum atomic E-state index is 12.3. The number of hydrogen-bond acceptors (Lipinski definition) is 3. The normalized spacial score (nSPS) is 21.2. The molecule has 0 bridgehead atoms. The highest BCUT2D eigenvalue weighted by molar-refractivity contribution is 5.85. The van der Waals surface area contributed by atoms with Crippen molar-refractivity contribution < 1.29 is 4.79 Å². The van der Waals surface area contributed by atoms with Crippen molar-refractivity contribution in [3.05, 3.63) is 30.1 Å². The van der Waals surface area contributed by atoms with Crippen LogP contribution in [0.15, 0.2) is 24.5 Å². The summed E-state index contributed by atoms with van der Waals surface area (Å²) < 4.78 is 0. The van der Waals surface area contributed by atoms with E-state index in [1.54, 1.807) is 12.4 Å². The molecule has 0 aliphatic carbocycles. The van der Waals surface area contributed by atoms with Gasteiger partial charge < -0.3 is 10.2 Å². The van der Waals surface area contributed by atoms with Crippen LogP contribution >= 0.6 is 24.8 Å². The van der Waals surface area contributed by atoms with Gasteiger partial charge in [-0.1, -0.05) is 0 Å². The van der Waals surface area contributed by atoms with Gasteiger partial charge in [-0.15, -0.1) is 24.8 Å². The predicted octanol–water partition coefficient (Wildman–Crippen LogP) is 1.88. The number of carbonyl (C=O) groups excluding carboxylic acids is 1. The van der Waals surface area contributed by atoms with E-state index >= 15 is 0 Å². The molecule has 4 nitrogen and oxygen atoms in total. The Kier molecular flexibility index (Phi) is 7.34. The molecule has 108 valence electrons. The zero-order valence-corrected chi connectivity index (χ0v) is 12.9. The van der Waals surface area contributed by atoms with Gasteiger partial charge in [0.15, 0.2) is 0 Å². The van der Waals surface area contributed by atoms with Gasteiger partial charge in [0.25, 0.3) is 0 Å². The van der Waals surface area contributed by atoms with Crippen LogP contribution < -0.4 is 5.32 Å². The molecule has 2 rings (SSSR count). The standard InChI is InChI=1S/C13H19N3O.2ClH/c1-13(5-8-15-10-13)12(17)16(2)9-11-3-6-14-7-4-11;;/h3-4,6-7,15H,5,8-10H2,1-2H3;2*1H. The summed E-state index contributed by atoms with van der Waals surface area (Å²) in [6.45, 7) is 4.41. The van der Waals surface area contributed by atoms with E-state index in [1.165, 1.54) is 0 Å². The molecule has 1 N–H and O–H groups in total. The highest BCUT2D eigenvalue weighted by atomic mass is 35.5. The molecule has 0 radical (unpaired) electrons. The van der Waals surface area contributed by atoms with E-state index < -0.39 is 0 Å². The van der Waals surface area contributed by atoms with Crippen LogP contribution in [0.3, 0.4) is 0 Å². The average molecular weight is 306 g/mol. The SMILES string of the molecule is CN(Cc1ccncc1)C(=O)C1(C)CCNC1.Cl.Cl. The topological polar surface area (TPSA) is 45.2 Å². The summed E-state index contributed by atoms with van der Waals surface area (Å²) in [6, 6.07) is 3.89. The lowest BCUT2D eigenvalue weighted by Gasteiger charge is -2.28. The molecule has 1 amide bonds. The minimum absolute atomic E-state index is 0. The quantitative estimate of drug-likeness (QED) is 0.927. The first-order valence-electron chi connectivity index (χ1n) is 5.97. The Balaban J connectivity index is 0.00000162. The number of amides is 1. The fourth-order valence-electron chi connectivity index (χ4n) is 2.29. The van der Waals surface area contributed by atoms with Gasteiger partial charge in [-0.3, -0.25) is 9.78 Å². The largest absolute Gasteiger partial charge is 0.341 e. The molecule has 0 spiro atoms. The maximum Gasteiger partial charge on any atom is 0.229 e. The van der Waals surface area contributed by atoms with Gasteiger partial charge in [-0.2, -0.15) is 0 Å². The molecule has 1 aromatic rings. The van der Waals surface area contributed by atoms with Gasteiger partial charge >= 0.3 is 0 Å². The molecule has 0 aromatic carbocycles. The molecule has 2 heterocycles. The summed E-state index contributed by atoms with van der Waals surface area (Å²) in [6.07, 6.45) is 4.44.